The molecule has 0 spiro atoms. The van der Waals surface area contributed by atoms with Gasteiger partial charge in [0.1, 0.15) is 22.2 Å². The van der Waals surface area contributed by atoms with Crippen LogP contribution in [0.4, 0.5) is 10.1 Å². The molecule has 0 saturated heterocycles. The van der Waals surface area contributed by atoms with E-state index in [0.29, 0.717) is 5.56 Å². The van der Waals surface area contributed by atoms with Crippen LogP contribution in [0.2, 0.25) is 0 Å². The molecule has 0 fully saturated rings. The van der Waals surface area contributed by atoms with Gasteiger partial charge in [0.25, 0.3) is 10.0 Å². The third-order valence-corrected chi connectivity index (χ3v) is 4.67. The first-order valence-electron chi connectivity index (χ1n) is 7.02. The van der Waals surface area contributed by atoms with Gasteiger partial charge in [0.15, 0.2) is 0 Å². The second-order valence-corrected chi connectivity index (χ2v) is 6.66. The molecule has 2 aromatic carbocycles. The first kappa shape index (κ1) is 18.5. The first-order valence-corrected chi connectivity index (χ1v) is 8.50. The lowest BCUT2D eigenvalue weighted by molar-refractivity contribution is -0.136. The number of hydrogen-bond donors (Lipinski definition) is 2. The molecule has 25 heavy (non-hydrogen) atoms. The number of hydrogen-bond acceptors (Lipinski definition) is 5. The number of nitrogens with one attached hydrogen (secondary N) is 1. The lowest BCUT2D eigenvalue weighted by atomic mass is 10.1. The maximum atomic E-state index is 13.3. The number of benzene rings is 2. The molecule has 0 aliphatic carbocycles. The van der Waals surface area contributed by atoms with Gasteiger partial charge in [-0.2, -0.15) is 0 Å². The second kappa shape index (κ2) is 7.39. The summed E-state index contributed by atoms with van der Waals surface area (Å²) < 4.78 is 50.9. The van der Waals surface area contributed by atoms with E-state index in [9.17, 15) is 17.6 Å². The fourth-order valence-electron chi connectivity index (χ4n) is 2.16. The molecule has 0 unspecified atom stereocenters. The van der Waals surface area contributed by atoms with Crippen molar-refractivity contribution in [2.24, 2.45) is 0 Å². The molecule has 7 nitrogen and oxygen atoms in total. The average Bonchev–Trinajstić information content (AvgIpc) is 2.55. The summed E-state index contributed by atoms with van der Waals surface area (Å²) in [4.78, 5) is 10.6. The van der Waals surface area contributed by atoms with Crippen molar-refractivity contribution in [1.29, 1.82) is 0 Å². The van der Waals surface area contributed by atoms with Crippen LogP contribution in [-0.2, 0) is 21.2 Å². The normalized spacial score (nSPS) is 11.0. The minimum absolute atomic E-state index is 0.00392. The van der Waals surface area contributed by atoms with Crippen molar-refractivity contribution in [3.63, 3.8) is 0 Å². The van der Waals surface area contributed by atoms with Gasteiger partial charge >= 0.3 is 5.97 Å². The van der Waals surface area contributed by atoms with Gasteiger partial charge in [-0.1, -0.05) is 6.07 Å². The van der Waals surface area contributed by atoms with E-state index >= 15 is 0 Å². The molecule has 9 heteroatoms. The zero-order chi connectivity index (χ0) is 18.6. The van der Waals surface area contributed by atoms with Crippen LogP contribution in [0.5, 0.6) is 11.5 Å². The van der Waals surface area contributed by atoms with Crippen molar-refractivity contribution < 1.29 is 32.2 Å². The van der Waals surface area contributed by atoms with Crippen molar-refractivity contribution in [2.45, 2.75) is 11.3 Å². The summed E-state index contributed by atoms with van der Waals surface area (Å²) in [6, 6.07) is 7.39. The molecule has 2 N–H and O–H groups in total. The lowest BCUT2D eigenvalue weighted by Gasteiger charge is -2.14. The Bertz CT molecular complexity index is 897. The Labute approximate surface area is 144 Å². The van der Waals surface area contributed by atoms with E-state index in [2.05, 4.69) is 4.72 Å². The number of carbonyl (C=O) groups is 1. The number of carboxylic acids is 1. The molecule has 0 aromatic heterocycles. The molecular formula is C16H16FNO6S. The largest absolute Gasteiger partial charge is 0.495 e. The van der Waals surface area contributed by atoms with E-state index in [-0.39, 0.29) is 28.5 Å². The van der Waals surface area contributed by atoms with Crippen LogP contribution in [0, 0.1) is 5.82 Å². The summed E-state index contributed by atoms with van der Waals surface area (Å²) in [5, 5.41) is 8.87. The summed E-state index contributed by atoms with van der Waals surface area (Å²) in [5.74, 6) is -1.63. The van der Waals surface area contributed by atoms with Crippen LogP contribution in [0.3, 0.4) is 0 Å². The van der Waals surface area contributed by atoms with Crippen LogP contribution in [0.15, 0.2) is 41.3 Å². The summed E-state index contributed by atoms with van der Waals surface area (Å²) in [6.45, 7) is 0. The number of methoxy groups -OCH3 is 2. The number of ether oxygens (including phenoxy) is 2. The van der Waals surface area contributed by atoms with Gasteiger partial charge in [-0.15, -0.1) is 0 Å². The molecule has 0 saturated carbocycles. The van der Waals surface area contributed by atoms with E-state index in [1.54, 1.807) is 0 Å². The van der Waals surface area contributed by atoms with E-state index < -0.39 is 21.8 Å². The van der Waals surface area contributed by atoms with Gasteiger partial charge in [0, 0.05) is 6.07 Å². The van der Waals surface area contributed by atoms with E-state index in [4.69, 9.17) is 14.6 Å². The second-order valence-electron chi connectivity index (χ2n) is 5.01. The molecule has 2 aromatic rings. The predicted molar refractivity (Wildman–Crippen MR) is 88.1 cm³/mol. The Kier molecular flexibility index (Phi) is 5.48. The maximum Gasteiger partial charge on any atom is 0.307 e. The minimum atomic E-state index is -4.13. The van der Waals surface area contributed by atoms with E-state index in [1.807, 2.05) is 0 Å². The Morgan fingerprint density at radius 2 is 1.80 bits per heavy atom. The number of sulfonamides is 1. The van der Waals surface area contributed by atoms with Gasteiger partial charge in [0.05, 0.1) is 26.3 Å². The summed E-state index contributed by atoms with van der Waals surface area (Å²) in [7, 11) is -1.56. The third kappa shape index (κ3) is 4.38. The molecule has 2 rings (SSSR count). The molecule has 0 amide bonds. The fraction of sp³-hybridized carbons (Fsp3) is 0.188. The van der Waals surface area contributed by atoms with Crippen LogP contribution in [0.1, 0.15) is 5.56 Å². The number of rotatable bonds is 7. The van der Waals surface area contributed by atoms with E-state index in [1.165, 1.54) is 38.5 Å². The van der Waals surface area contributed by atoms with Gasteiger partial charge < -0.3 is 14.6 Å². The summed E-state index contributed by atoms with van der Waals surface area (Å²) >= 11 is 0. The Morgan fingerprint density at radius 3 is 2.40 bits per heavy atom. The Balaban J connectivity index is 2.46. The van der Waals surface area contributed by atoms with Crippen LogP contribution < -0.4 is 14.2 Å². The number of anilines is 1. The van der Waals surface area contributed by atoms with Crippen LogP contribution in [0.25, 0.3) is 0 Å². The highest BCUT2D eigenvalue weighted by atomic mass is 32.2. The zero-order valence-electron chi connectivity index (χ0n) is 13.4. The predicted octanol–water partition coefficient (Wildman–Crippen LogP) is 2.27. The average molecular weight is 369 g/mol. The molecular weight excluding hydrogens is 353 g/mol. The van der Waals surface area contributed by atoms with Crippen LogP contribution >= 0.6 is 0 Å². The molecule has 0 aliphatic rings. The van der Waals surface area contributed by atoms with Crippen molar-refractivity contribution in [2.75, 3.05) is 18.9 Å². The third-order valence-electron chi connectivity index (χ3n) is 3.28. The van der Waals surface area contributed by atoms with Crippen molar-refractivity contribution >= 4 is 21.7 Å². The fourth-order valence-corrected chi connectivity index (χ4v) is 3.46. The molecule has 0 heterocycles. The standard InChI is InChI=1S/C16H16FNO6S/c1-23-13-6-3-10(8-16(19)20)7-15(13)25(21,22)18-12-5-4-11(17)9-14(12)24-2/h3-7,9,18H,8H2,1-2H3,(H,19,20). The Morgan fingerprint density at radius 1 is 1.12 bits per heavy atom. The van der Waals surface area contributed by atoms with Gasteiger partial charge in [-0.05, 0) is 29.8 Å². The van der Waals surface area contributed by atoms with Crippen molar-refractivity contribution in [1.82, 2.24) is 0 Å². The van der Waals surface area contributed by atoms with Gasteiger partial charge in [0.2, 0.25) is 0 Å². The SMILES string of the molecule is COc1cc(F)ccc1NS(=O)(=O)c1cc(CC(=O)O)ccc1OC. The molecule has 0 atom stereocenters. The number of aliphatic carboxylic acids is 1. The monoisotopic (exact) mass is 369 g/mol. The molecule has 0 bridgehead atoms. The topological polar surface area (TPSA) is 102 Å². The van der Waals surface area contributed by atoms with Crippen molar-refractivity contribution in [3.8, 4) is 11.5 Å². The Hall–Kier alpha value is -2.81. The summed E-state index contributed by atoms with van der Waals surface area (Å²) in [5.41, 5.74) is 0.328. The molecule has 0 aliphatic heterocycles. The highest BCUT2D eigenvalue weighted by Crippen LogP contribution is 2.31. The highest BCUT2D eigenvalue weighted by Gasteiger charge is 2.22. The lowest BCUT2D eigenvalue weighted by Crippen LogP contribution is -2.15. The van der Waals surface area contributed by atoms with Gasteiger partial charge in [-0.25, -0.2) is 12.8 Å². The van der Waals surface area contributed by atoms with E-state index in [0.717, 1.165) is 12.1 Å². The maximum absolute atomic E-state index is 13.3. The minimum Gasteiger partial charge on any atom is -0.495 e. The van der Waals surface area contributed by atoms with Gasteiger partial charge in [-0.3, -0.25) is 9.52 Å². The van der Waals surface area contributed by atoms with Crippen LogP contribution in [-0.4, -0.2) is 33.7 Å². The zero-order valence-corrected chi connectivity index (χ0v) is 14.3. The summed E-state index contributed by atoms with van der Waals surface area (Å²) in [6.07, 6.45) is -0.341. The van der Waals surface area contributed by atoms with Crippen molar-refractivity contribution in [3.05, 3.63) is 47.8 Å². The smallest absolute Gasteiger partial charge is 0.307 e. The molecule has 134 valence electrons. The highest BCUT2D eigenvalue weighted by molar-refractivity contribution is 7.92. The molecule has 0 radical (unpaired) electrons. The number of halogens is 1. The number of carboxylic acid groups (broad SMARTS) is 1. The first-order chi connectivity index (χ1) is 11.8. The quantitative estimate of drug-likeness (QED) is 0.776.